The number of aromatic hydroxyl groups is 1. The van der Waals surface area contributed by atoms with Gasteiger partial charge in [-0.3, -0.25) is 9.89 Å². The summed E-state index contributed by atoms with van der Waals surface area (Å²) in [5.74, 6) is 0.778. The molecule has 0 bridgehead atoms. The topological polar surface area (TPSA) is 62.1 Å². The molecule has 0 fully saturated rings. The monoisotopic (exact) mass is 262 g/mol. The number of aliphatic imine (C=N–C) groups is 1. The molecule has 19 heavy (non-hydrogen) atoms. The first-order chi connectivity index (χ1) is 8.87. The fraction of sp³-hybridized carbons (Fsp3) is 0.429. The van der Waals surface area contributed by atoms with Crippen LogP contribution in [0.2, 0.25) is 0 Å². The average Bonchev–Trinajstić information content (AvgIpc) is 2.76. The lowest BCUT2D eigenvalue weighted by molar-refractivity contribution is 0.0385. The SMILES string of the molecule is CC(C)(C)OC(=O)N1CCN=C1c1ccc(O)cc1. The maximum absolute atomic E-state index is 12.1. The third-order valence-electron chi connectivity index (χ3n) is 2.58. The van der Waals surface area contributed by atoms with Crippen LogP contribution in [0.5, 0.6) is 5.75 Å². The van der Waals surface area contributed by atoms with Crippen LogP contribution >= 0.6 is 0 Å². The zero-order chi connectivity index (χ0) is 14.0. The number of phenolic OH excluding ortho intramolecular Hbond substituents is 1. The van der Waals surface area contributed by atoms with Crippen molar-refractivity contribution >= 4 is 11.9 Å². The summed E-state index contributed by atoms with van der Waals surface area (Å²) in [6.45, 7) is 6.58. The second kappa shape index (κ2) is 4.91. The molecule has 5 heteroatoms. The number of rotatable bonds is 1. The van der Waals surface area contributed by atoms with E-state index in [1.807, 2.05) is 20.8 Å². The summed E-state index contributed by atoms with van der Waals surface area (Å²) >= 11 is 0. The highest BCUT2D eigenvalue weighted by Crippen LogP contribution is 2.18. The Labute approximate surface area is 112 Å². The second-order valence-electron chi connectivity index (χ2n) is 5.38. The summed E-state index contributed by atoms with van der Waals surface area (Å²) in [4.78, 5) is 17.9. The van der Waals surface area contributed by atoms with E-state index in [0.29, 0.717) is 18.9 Å². The van der Waals surface area contributed by atoms with Gasteiger partial charge < -0.3 is 9.84 Å². The van der Waals surface area contributed by atoms with Gasteiger partial charge in [0, 0.05) is 5.56 Å². The van der Waals surface area contributed by atoms with Gasteiger partial charge in [0.05, 0.1) is 13.1 Å². The van der Waals surface area contributed by atoms with Crippen molar-refractivity contribution in [3.05, 3.63) is 29.8 Å². The van der Waals surface area contributed by atoms with Crippen molar-refractivity contribution in [2.75, 3.05) is 13.1 Å². The maximum Gasteiger partial charge on any atom is 0.416 e. The van der Waals surface area contributed by atoms with Crippen molar-refractivity contribution < 1.29 is 14.6 Å². The Kier molecular flexibility index (Phi) is 3.46. The number of hydrogen-bond acceptors (Lipinski definition) is 4. The van der Waals surface area contributed by atoms with Crippen LogP contribution in [0.15, 0.2) is 29.3 Å². The Balaban J connectivity index is 2.17. The highest BCUT2D eigenvalue weighted by molar-refractivity contribution is 6.07. The van der Waals surface area contributed by atoms with E-state index in [9.17, 15) is 9.90 Å². The lowest BCUT2D eigenvalue weighted by atomic mass is 10.2. The molecule has 0 saturated carbocycles. The first kappa shape index (κ1) is 13.4. The molecule has 1 heterocycles. The fourth-order valence-electron chi connectivity index (χ4n) is 1.80. The molecular weight excluding hydrogens is 244 g/mol. The molecule has 0 radical (unpaired) electrons. The van der Waals surface area contributed by atoms with Gasteiger partial charge in [-0.15, -0.1) is 0 Å². The molecule has 102 valence electrons. The summed E-state index contributed by atoms with van der Waals surface area (Å²) in [5, 5.41) is 9.28. The molecule has 1 aliphatic rings. The zero-order valence-corrected chi connectivity index (χ0v) is 11.4. The van der Waals surface area contributed by atoms with Crippen LogP contribution in [-0.2, 0) is 4.74 Å². The van der Waals surface area contributed by atoms with Gasteiger partial charge in [0.25, 0.3) is 0 Å². The van der Waals surface area contributed by atoms with E-state index < -0.39 is 11.7 Å². The van der Waals surface area contributed by atoms with Gasteiger partial charge in [-0.2, -0.15) is 0 Å². The van der Waals surface area contributed by atoms with Gasteiger partial charge in [-0.1, -0.05) is 0 Å². The predicted molar refractivity (Wildman–Crippen MR) is 72.5 cm³/mol. The van der Waals surface area contributed by atoms with E-state index in [0.717, 1.165) is 5.56 Å². The quantitative estimate of drug-likeness (QED) is 0.845. The lowest BCUT2D eigenvalue weighted by Crippen LogP contribution is -2.39. The number of hydrogen-bond donors (Lipinski definition) is 1. The van der Waals surface area contributed by atoms with Crippen molar-refractivity contribution in [1.82, 2.24) is 4.90 Å². The van der Waals surface area contributed by atoms with Crippen molar-refractivity contribution in [3.8, 4) is 5.75 Å². The molecule has 0 aromatic heterocycles. The van der Waals surface area contributed by atoms with Crippen LogP contribution in [0.25, 0.3) is 0 Å². The molecule has 1 N–H and O–H groups in total. The largest absolute Gasteiger partial charge is 0.508 e. The minimum atomic E-state index is -0.528. The number of amides is 1. The third-order valence-corrected chi connectivity index (χ3v) is 2.58. The van der Waals surface area contributed by atoms with Crippen LogP contribution < -0.4 is 0 Å². The van der Waals surface area contributed by atoms with E-state index >= 15 is 0 Å². The van der Waals surface area contributed by atoms with Crippen LogP contribution in [0.4, 0.5) is 4.79 Å². The Bertz CT molecular complexity index is 500. The number of carbonyl (C=O) groups excluding carboxylic acids is 1. The number of amidine groups is 1. The summed E-state index contributed by atoms with van der Waals surface area (Å²) in [6.07, 6.45) is -0.392. The Morgan fingerprint density at radius 3 is 2.53 bits per heavy atom. The summed E-state index contributed by atoms with van der Waals surface area (Å²) in [6, 6.07) is 6.61. The fourth-order valence-corrected chi connectivity index (χ4v) is 1.80. The number of carbonyl (C=O) groups is 1. The van der Waals surface area contributed by atoms with E-state index in [1.165, 1.54) is 4.90 Å². The van der Waals surface area contributed by atoms with Crippen LogP contribution in [0.1, 0.15) is 26.3 Å². The molecule has 5 nitrogen and oxygen atoms in total. The first-order valence-electron chi connectivity index (χ1n) is 6.21. The van der Waals surface area contributed by atoms with Crippen molar-refractivity contribution in [2.45, 2.75) is 26.4 Å². The molecule has 0 spiro atoms. The highest BCUT2D eigenvalue weighted by atomic mass is 16.6. The van der Waals surface area contributed by atoms with Gasteiger partial charge >= 0.3 is 6.09 Å². The zero-order valence-electron chi connectivity index (χ0n) is 11.4. The van der Waals surface area contributed by atoms with Gasteiger partial charge in [-0.05, 0) is 45.0 Å². The Morgan fingerprint density at radius 1 is 1.32 bits per heavy atom. The Hall–Kier alpha value is -2.04. The molecule has 1 aliphatic heterocycles. The Morgan fingerprint density at radius 2 is 1.95 bits per heavy atom. The molecule has 0 aliphatic carbocycles. The second-order valence-corrected chi connectivity index (χ2v) is 5.38. The normalized spacial score (nSPS) is 15.3. The maximum atomic E-state index is 12.1. The smallest absolute Gasteiger partial charge is 0.416 e. The van der Waals surface area contributed by atoms with Crippen molar-refractivity contribution in [1.29, 1.82) is 0 Å². The van der Waals surface area contributed by atoms with Crippen molar-refractivity contribution in [3.63, 3.8) is 0 Å². The highest BCUT2D eigenvalue weighted by Gasteiger charge is 2.29. The van der Waals surface area contributed by atoms with E-state index in [2.05, 4.69) is 4.99 Å². The van der Waals surface area contributed by atoms with Crippen LogP contribution in [0.3, 0.4) is 0 Å². The summed E-state index contributed by atoms with van der Waals surface area (Å²) in [7, 11) is 0. The molecule has 1 amide bonds. The number of benzene rings is 1. The average molecular weight is 262 g/mol. The standard InChI is InChI=1S/C14H18N2O3/c1-14(2,3)19-13(18)16-9-8-15-12(16)10-4-6-11(17)7-5-10/h4-7,17H,8-9H2,1-3H3. The number of ether oxygens (including phenoxy) is 1. The van der Waals surface area contributed by atoms with Gasteiger partial charge in [0.2, 0.25) is 0 Å². The third kappa shape index (κ3) is 3.24. The summed E-state index contributed by atoms with van der Waals surface area (Å²) in [5.41, 5.74) is 0.265. The number of nitrogens with zero attached hydrogens (tertiary/aromatic N) is 2. The molecule has 1 aromatic carbocycles. The summed E-state index contributed by atoms with van der Waals surface area (Å²) < 4.78 is 5.35. The minimum absolute atomic E-state index is 0.186. The van der Waals surface area contributed by atoms with E-state index in [1.54, 1.807) is 24.3 Å². The van der Waals surface area contributed by atoms with Gasteiger partial charge in [0.1, 0.15) is 17.2 Å². The lowest BCUT2D eigenvalue weighted by Gasteiger charge is -2.25. The first-order valence-corrected chi connectivity index (χ1v) is 6.21. The molecule has 2 rings (SSSR count). The molecule has 0 unspecified atom stereocenters. The molecule has 1 aromatic rings. The van der Waals surface area contributed by atoms with Gasteiger partial charge in [0.15, 0.2) is 0 Å². The minimum Gasteiger partial charge on any atom is -0.508 e. The van der Waals surface area contributed by atoms with Crippen LogP contribution in [0, 0.1) is 0 Å². The van der Waals surface area contributed by atoms with Crippen molar-refractivity contribution in [2.24, 2.45) is 4.99 Å². The number of phenols is 1. The van der Waals surface area contributed by atoms with E-state index in [4.69, 9.17) is 4.74 Å². The predicted octanol–water partition coefficient (Wildman–Crippen LogP) is 2.39. The van der Waals surface area contributed by atoms with E-state index in [-0.39, 0.29) is 5.75 Å². The van der Waals surface area contributed by atoms with Crippen LogP contribution in [-0.4, -0.2) is 40.6 Å². The molecule has 0 atom stereocenters. The van der Waals surface area contributed by atoms with Gasteiger partial charge in [-0.25, -0.2) is 4.79 Å². The molecule has 0 saturated heterocycles. The molecular formula is C14H18N2O3.